The van der Waals surface area contributed by atoms with Crippen molar-refractivity contribution in [3.05, 3.63) is 161 Å². The molecule has 178 valence electrons. The minimum absolute atomic E-state index is 1.18. The van der Waals surface area contributed by atoms with E-state index in [2.05, 4.69) is 158 Å². The van der Waals surface area contributed by atoms with Crippen molar-refractivity contribution in [2.24, 2.45) is 0 Å². The smallest absolute Gasteiger partial charge is 0.0601 e. The Bertz CT molecular complexity index is 1660. The molecule has 0 bridgehead atoms. The number of rotatable bonds is 5. The van der Waals surface area contributed by atoms with E-state index in [1.807, 2.05) is 0 Å². The second-order valence-electron chi connectivity index (χ2n) is 9.68. The molecule has 0 aliphatic heterocycles. The van der Waals surface area contributed by atoms with Crippen LogP contribution in [0.2, 0.25) is 0 Å². The zero-order valence-corrected chi connectivity index (χ0v) is 21.2. The molecular formula is C36H29N. The lowest BCUT2D eigenvalue weighted by molar-refractivity contribution is 1.20. The van der Waals surface area contributed by atoms with Gasteiger partial charge in [0.25, 0.3) is 0 Å². The lowest BCUT2D eigenvalue weighted by atomic mass is 9.95. The van der Waals surface area contributed by atoms with Crippen LogP contribution in [0.4, 0.5) is 0 Å². The van der Waals surface area contributed by atoms with Crippen LogP contribution in [0.5, 0.6) is 0 Å². The van der Waals surface area contributed by atoms with Crippen LogP contribution in [0, 0.1) is 13.8 Å². The summed E-state index contributed by atoms with van der Waals surface area (Å²) < 4.78 is 2.32. The van der Waals surface area contributed by atoms with E-state index >= 15 is 0 Å². The molecule has 6 rings (SSSR count). The maximum Gasteiger partial charge on any atom is 0.0601 e. The average molecular weight is 476 g/mol. The quantitative estimate of drug-likeness (QED) is 0.234. The minimum atomic E-state index is 1.18. The normalized spacial score (nSPS) is 11.0. The minimum Gasteiger partial charge on any atom is -0.316 e. The van der Waals surface area contributed by atoms with Crippen LogP contribution in [0.25, 0.3) is 39.6 Å². The topological polar surface area (TPSA) is 4.41 Å². The van der Waals surface area contributed by atoms with Crippen molar-refractivity contribution in [2.45, 2.75) is 13.8 Å². The third-order valence-corrected chi connectivity index (χ3v) is 6.95. The standard InChI is InChI=1S/C36H29N/c1-26-16-18-30(19-17-26)36-33(25-35(28-11-5-3-6-12-28)29-13-7-4-8-14-29)24-34-23-32(20-21-37(34)36)31-15-9-10-27(2)22-31/h3-25H,1-2H3. The highest BCUT2D eigenvalue weighted by molar-refractivity contribution is 5.95. The summed E-state index contributed by atoms with van der Waals surface area (Å²) >= 11 is 0. The third kappa shape index (κ3) is 4.64. The van der Waals surface area contributed by atoms with Crippen molar-refractivity contribution in [3.63, 3.8) is 0 Å². The van der Waals surface area contributed by atoms with Gasteiger partial charge in [0.2, 0.25) is 0 Å². The van der Waals surface area contributed by atoms with Crippen molar-refractivity contribution in [2.75, 3.05) is 0 Å². The van der Waals surface area contributed by atoms with Crippen molar-refractivity contribution in [3.8, 4) is 22.4 Å². The lowest BCUT2D eigenvalue weighted by Gasteiger charge is -2.11. The average Bonchev–Trinajstić information content (AvgIpc) is 3.30. The van der Waals surface area contributed by atoms with Gasteiger partial charge in [-0.1, -0.05) is 120 Å². The van der Waals surface area contributed by atoms with E-state index in [1.165, 1.54) is 61.3 Å². The molecule has 0 aliphatic carbocycles. The van der Waals surface area contributed by atoms with Crippen LogP contribution >= 0.6 is 0 Å². The molecule has 0 unspecified atom stereocenters. The molecule has 0 amide bonds. The Morgan fingerprint density at radius 2 is 1.19 bits per heavy atom. The van der Waals surface area contributed by atoms with Crippen molar-refractivity contribution in [1.29, 1.82) is 0 Å². The Balaban J connectivity index is 1.60. The summed E-state index contributed by atoms with van der Waals surface area (Å²) in [6.45, 7) is 4.28. The fourth-order valence-electron chi connectivity index (χ4n) is 5.06. The van der Waals surface area contributed by atoms with Crippen LogP contribution in [-0.2, 0) is 0 Å². The highest BCUT2D eigenvalue weighted by Gasteiger charge is 2.14. The van der Waals surface area contributed by atoms with Crippen LogP contribution in [0.1, 0.15) is 27.8 Å². The van der Waals surface area contributed by atoms with Gasteiger partial charge < -0.3 is 4.40 Å². The van der Waals surface area contributed by atoms with E-state index < -0.39 is 0 Å². The highest BCUT2D eigenvalue weighted by atomic mass is 14.9. The van der Waals surface area contributed by atoms with E-state index in [0.717, 1.165) is 0 Å². The Labute approximate surface area is 219 Å². The summed E-state index contributed by atoms with van der Waals surface area (Å²) in [4.78, 5) is 0. The molecule has 37 heavy (non-hydrogen) atoms. The number of fused-ring (bicyclic) bond motifs is 1. The predicted molar refractivity (Wildman–Crippen MR) is 158 cm³/mol. The van der Waals surface area contributed by atoms with Crippen LogP contribution in [0.15, 0.2) is 134 Å². The second-order valence-corrected chi connectivity index (χ2v) is 9.68. The summed E-state index contributed by atoms with van der Waals surface area (Å²) in [5, 5.41) is 0. The fraction of sp³-hybridized carbons (Fsp3) is 0.0556. The van der Waals surface area contributed by atoms with Crippen LogP contribution < -0.4 is 0 Å². The van der Waals surface area contributed by atoms with E-state index in [0.29, 0.717) is 0 Å². The summed E-state index contributed by atoms with van der Waals surface area (Å²) in [7, 11) is 0. The monoisotopic (exact) mass is 475 g/mol. The first kappa shape index (κ1) is 22.8. The highest BCUT2D eigenvalue weighted by Crippen LogP contribution is 2.35. The molecule has 4 aromatic carbocycles. The van der Waals surface area contributed by atoms with Gasteiger partial charge in [-0.2, -0.15) is 0 Å². The molecular weight excluding hydrogens is 446 g/mol. The summed E-state index contributed by atoms with van der Waals surface area (Å²) in [5.41, 5.74) is 13.4. The molecule has 1 heteroatoms. The van der Waals surface area contributed by atoms with Gasteiger partial charge in [-0.25, -0.2) is 0 Å². The van der Waals surface area contributed by atoms with Gasteiger partial charge in [-0.15, -0.1) is 0 Å². The lowest BCUT2D eigenvalue weighted by Crippen LogP contribution is -1.92. The number of hydrogen-bond acceptors (Lipinski definition) is 0. The summed E-state index contributed by atoms with van der Waals surface area (Å²) in [6.07, 6.45) is 4.56. The molecule has 0 N–H and O–H groups in total. The zero-order valence-electron chi connectivity index (χ0n) is 21.2. The molecule has 6 aromatic rings. The number of pyridine rings is 1. The van der Waals surface area contributed by atoms with Gasteiger partial charge in [-0.3, -0.25) is 0 Å². The first-order valence-corrected chi connectivity index (χ1v) is 12.8. The maximum atomic E-state index is 2.35. The predicted octanol–water partition coefficient (Wildman–Crippen LogP) is 9.48. The van der Waals surface area contributed by atoms with Crippen LogP contribution in [0.3, 0.4) is 0 Å². The molecule has 0 radical (unpaired) electrons. The zero-order chi connectivity index (χ0) is 25.2. The molecule has 0 aliphatic rings. The SMILES string of the molecule is Cc1ccc(-c2c(C=C(c3ccccc3)c3ccccc3)cc3cc(-c4cccc(C)c4)ccn23)cc1. The maximum absolute atomic E-state index is 2.35. The number of aromatic nitrogens is 1. The third-order valence-electron chi connectivity index (χ3n) is 6.95. The Morgan fingerprint density at radius 3 is 1.84 bits per heavy atom. The Hall–Kier alpha value is -4.62. The van der Waals surface area contributed by atoms with Gasteiger partial charge in [0.15, 0.2) is 0 Å². The first-order chi connectivity index (χ1) is 18.2. The van der Waals surface area contributed by atoms with Gasteiger partial charge in [0.1, 0.15) is 0 Å². The molecule has 2 aromatic heterocycles. The fourth-order valence-corrected chi connectivity index (χ4v) is 5.06. The first-order valence-electron chi connectivity index (χ1n) is 12.8. The summed E-state index contributed by atoms with van der Waals surface area (Å²) in [6, 6.07) is 45.7. The number of nitrogens with zero attached hydrogens (tertiary/aromatic N) is 1. The molecule has 0 atom stereocenters. The number of aryl methyl sites for hydroxylation is 2. The van der Waals surface area contributed by atoms with Crippen molar-refractivity contribution >= 4 is 17.2 Å². The second kappa shape index (κ2) is 9.79. The molecule has 0 spiro atoms. The van der Waals surface area contributed by atoms with E-state index in [1.54, 1.807) is 0 Å². The molecule has 0 saturated heterocycles. The van der Waals surface area contributed by atoms with Gasteiger partial charge in [0, 0.05) is 17.3 Å². The van der Waals surface area contributed by atoms with E-state index in [4.69, 9.17) is 0 Å². The Kier molecular flexibility index (Phi) is 6.04. The van der Waals surface area contributed by atoms with E-state index in [9.17, 15) is 0 Å². The number of benzene rings is 4. The molecule has 0 saturated carbocycles. The largest absolute Gasteiger partial charge is 0.316 e. The molecule has 2 heterocycles. The van der Waals surface area contributed by atoms with Gasteiger partial charge in [0.05, 0.1) is 5.69 Å². The number of hydrogen-bond donors (Lipinski definition) is 0. The van der Waals surface area contributed by atoms with Gasteiger partial charge >= 0.3 is 0 Å². The molecule has 1 nitrogen and oxygen atoms in total. The Morgan fingerprint density at radius 1 is 0.541 bits per heavy atom. The van der Waals surface area contributed by atoms with Crippen molar-refractivity contribution < 1.29 is 0 Å². The van der Waals surface area contributed by atoms with Crippen molar-refractivity contribution in [1.82, 2.24) is 4.40 Å². The van der Waals surface area contributed by atoms with Crippen LogP contribution in [-0.4, -0.2) is 4.40 Å². The van der Waals surface area contributed by atoms with Gasteiger partial charge in [-0.05, 0) is 71.5 Å². The molecule has 0 fully saturated rings. The van der Waals surface area contributed by atoms with E-state index in [-0.39, 0.29) is 0 Å². The summed E-state index contributed by atoms with van der Waals surface area (Å²) in [5.74, 6) is 0.